The lowest BCUT2D eigenvalue weighted by molar-refractivity contribution is 0.0741. The molecule has 0 aliphatic carbocycles. The van der Waals surface area contributed by atoms with Crippen molar-refractivity contribution in [3.8, 4) is 11.1 Å². The smallest absolute Gasteiger partial charge is 0.272 e. The van der Waals surface area contributed by atoms with Crippen LogP contribution in [0.1, 0.15) is 54.4 Å². The van der Waals surface area contributed by atoms with Gasteiger partial charge in [0.1, 0.15) is 11.6 Å². The standard InChI is InChI=1S/C41H39FN8O4/c1-23-16-24(2)46-39(52)33(23)22-45-38(51)31-19-28(20-35(43)25(31)3)27-9-11-37(44-21-27)49-12-14-50(15-13-49)41(54)32-17-26(8-10-34(32)42)18-36-29-6-4-5-7-30(29)40(53)48-47-36/h4-11,16-17,19-21H,12-15,18,22,43H2,1-3H3,(H,45,51)(H,46,52)(H,48,53). The molecule has 1 aliphatic heterocycles. The van der Waals surface area contributed by atoms with Crippen molar-refractivity contribution >= 4 is 34.1 Å². The highest BCUT2D eigenvalue weighted by Gasteiger charge is 2.25. The number of nitrogen functional groups attached to an aromatic ring is 1. The third-order valence-corrected chi connectivity index (χ3v) is 9.99. The summed E-state index contributed by atoms with van der Waals surface area (Å²) >= 11 is 0. The van der Waals surface area contributed by atoms with Crippen LogP contribution in [-0.4, -0.2) is 63.1 Å². The second-order valence-electron chi connectivity index (χ2n) is 13.6. The number of rotatable bonds is 8. The van der Waals surface area contributed by atoms with Gasteiger partial charge in [-0.05, 0) is 91.6 Å². The molecule has 4 heterocycles. The molecule has 0 atom stereocenters. The second kappa shape index (κ2) is 14.8. The fourth-order valence-electron chi connectivity index (χ4n) is 6.90. The van der Waals surface area contributed by atoms with Crippen molar-refractivity contribution in [1.82, 2.24) is 30.4 Å². The molecule has 54 heavy (non-hydrogen) atoms. The zero-order valence-corrected chi connectivity index (χ0v) is 30.1. The predicted octanol–water partition coefficient (Wildman–Crippen LogP) is 4.80. The highest BCUT2D eigenvalue weighted by molar-refractivity contribution is 5.98. The maximum Gasteiger partial charge on any atom is 0.272 e. The van der Waals surface area contributed by atoms with Crippen LogP contribution in [0.15, 0.2) is 88.6 Å². The molecule has 0 spiro atoms. The van der Waals surface area contributed by atoms with Crippen molar-refractivity contribution in [3.05, 3.63) is 150 Å². The predicted molar refractivity (Wildman–Crippen MR) is 206 cm³/mol. The fourth-order valence-corrected chi connectivity index (χ4v) is 6.90. The Kier molecular flexibility index (Phi) is 9.79. The SMILES string of the molecule is Cc1cc(C)c(CNC(=O)c2cc(-c3ccc(N4CCN(C(=O)c5cc(Cc6n[nH]c(=O)c7ccccc67)ccc5F)CC4)nc3)cc(N)c2C)c(=O)[nH]1. The van der Waals surface area contributed by atoms with Gasteiger partial charge in [-0.15, -0.1) is 0 Å². The Bertz CT molecular complexity index is 2540. The number of fused-ring (bicyclic) bond motifs is 1. The van der Waals surface area contributed by atoms with Gasteiger partial charge in [0, 0.05) is 78.8 Å². The molecule has 2 amide bonds. The van der Waals surface area contributed by atoms with Gasteiger partial charge in [-0.3, -0.25) is 19.2 Å². The molecular formula is C41H39FN8O4. The molecule has 1 aliphatic rings. The lowest BCUT2D eigenvalue weighted by atomic mass is 9.98. The van der Waals surface area contributed by atoms with E-state index >= 15 is 4.39 Å². The van der Waals surface area contributed by atoms with Gasteiger partial charge < -0.3 is 25.8 Å². The zero-order valence-electron chi connectivity index (χ0n) is 30.1. The largest absolute Gasteiger partial charge is 0.398 e. The number of H-pyrrole nitrogens is 2. The number of aryl methyl sites for hydroxylation is 2. The average Bonchev–Trinajstić information content (AvgIpc) is 3.17. The van der Waals surface area contributed by atoms with Crippen molar-refractivity contribution < 1.29 is 14.0 Å². The number of amides is 2. The first-order chi connectivity index (χ1) is 26.0. The molecule has 0 unspecified atom stereocenters. The van der Waals surface area contributed by atoms with E-state index in [1.54, 1.807) is 54.4 Å². The maximum absolute atomic E-state index is 15.0. The molecule has 3 aromatic carbocycles. The minimum atomic E-state index is -0.600. The number of hydrogen-bond acceptors (Lipinski definition) is 8. The highest BCUT2D eigenvalue weighted by atomic mass is 19.1. The number of aromatic amines is 2. The summed E-state index contributed by atoms with van der Waals surface area (Å²) in [6, 6.07) is 20.9. The van der Waals surface area contributed by atoms with E-state index in [4.69, 9.17) is 5.73 Å². The minimum Gasteiger partial charge on any atom is -0.398 e. The number of anilines is 2. The summed E-state index contributed by atoms with van der Waals surface area (Å²) < 4.78 is 15.0. The summed E-state index contributed by atoms with van der Waals surface area (Å²) in [5, 5.41) is 10.8. The van der Waals surface area contributed by atoms with Gasteiger partial charge in [0.05, 0.1) is 16.6 Å². The van der Waals surface area contributed by atoms with E-state index < -0.39 is 11.7 Å². The number of piperazine rings is 1. The number of carbonyl (C=O) groups excluding carboxylic acids is 2. The Morgan fingerprint density at radius 1 is 0.870 bits per heavy atom. The van der Waals surface area contributed by atoms with Crippen molar-refractivity contribution in [2.75, 3.05) is 36.8 Å². The number of nitrogens with two attached hydrogens (primary N) is 1. The molecule has 7 rings (SSSR count). The minimum absolute atomic E-state index is 0.0125. The van der Waals surface area contributed by atoms with Crippen LogP contribution in [0.3, 0.4) is 0 Å². The van der Waals surface area contributed by atoms with E-state index in [2.05, 4.69) is 30.4 Å². The van der Waals surface area contributed by atoms with Gasteiger partial charge in [0.2, 0.25) is 0 Å². The summed E-state index contributed by atoms with van der Waals surface area (Å²) in [4.78, 5) is 62.7. The summed E-state index contributed by atoms with van der Waals surface area (Å²) in [6.07, 6.45) is 2.03. The van der Waals surface area contributed by atoms with E-state index in [-0.39, 0.29) is 29.1 Å². The van der Waals surface area contributed by atoms with Crippen molar-refractivity contribution in [3.63, 3.8) is 0 Å². The normalized spacial score (nSPS) is 13.0. The Balaban J connectivity index is 1.00. The Morgan fingerprint density at radius 2 is 1.63 bits per heavy atom. The van der Waals surface area contributed by atoms with Crippen molar-refractivity contribution in [1.29, 1.82) is 0 Å². The van der Waals surface area contributed by atoms with Crippen LogP contribution >= 0.6 is 0 Å². The van der Waals surface area contributed by atoms with E-state index in [1.165, 1.54) is 6.07 Å². The Hall–Kier alpha value is -6.63. The van der Waals surface area contributed by atoms with Crippen LogP contribution < -0.4 is 27.1 Å². The first-order valence-corrected chi connectivity index (χ1v) is 17.6. The zero-order chi connectivity index (χ0) is 38.1. The summed E-state index contributed by atoms with van der Waals surface area (Å²) in [7, 11) is 0. The van der Waals surface area contributed by atoms with Gasteiger partial charge in [-0.25, -0.2) is 14.5 Å². The number of nitrogens with zero attached hydrogens (tertiary/aromatic N) is 4. The second-order valence-corrected chi connectivity index (χ2v) is 13.6. The van der Waals surface area contributed by atoms with E-state index in [9.17, 15) is 19.2 Å². The molecule has 274 valence electrons. The van der Waals surface area contributed by atoms with Crippen LogP contribution in [0.25, 0.3) is 21.9 Å². The molecule has 13 heteroatoms. The summed E-state index contributed by atoms with van der Waals surface area (Å²) in [5.74, 6) is -0.620. The maximum atomic E-state index is 15.0. The van der Waals surface area contributed by atoms with E-state index in [0.29, 0.717) is 77.0 Å². The summed E-state index contributed by atoms with van der Waals surface area (Å²) in [6.45, 7) is 7.25. The van der Waals surface area contributed by atoms with Gasteiger partial charge in [0.15, 0.2) is 0 Å². The van der Waals surface area contributed by atoms with Crippen molar-refractivity contribution in [2.45, 2.75) is 33.7 Å². The van der Waals surface area contributed by atoms with Gasteiger partial charge >= 0.3 is 0 Å². The van der Waals surface area contributed by atoms with Gasteiger partial charge in [0.25, 0.3) is 22.9 Å². The van der Waals surface area contributed by atoms with E-state index in [1.807, 2.05) is 44.2 Å². The first kappa shape index (κ1) is 35.8. The monoisotopic (exact) mass is 726 g/mol. The molecule has 1 fully saturated rings. The fraction of sp³-hybridized carbons (Fsp3) is 0.220. The van der Waals surface area contributed by atoms with Crippen LogP contribution in [-0.2, 0) is 13.0 Å². The van der Waals surface area contributed by atoms with Crippen LogP contribution in [0, 0.1) is 26.6 Å². The number of aromatic nitrogens is 4. The third kappa shape index (κ3) is 7.20. The first-order valence-electron chi connectivity index (χ1n) is 17.6. The number of benzene rings is 3. The van der Waals surface area contributed by atoms with Crippen molar-refractivity contribution in [2.24, 2.45) is 0 Å². The molecule has 0 radical (unpaired) electrons. The number of hydrogen-bond donors (Lipinski definition) is 4. The molecular weight excluding hydrogens is 688 g/mol. The van der Waals surface area contributed by atoms with Crippen LogP contribution in [0.5, 0.6) is 0 Å². The van der Waals surface area contributed by atoms with Crippen LogP contribution in [0.2, 0.25) is 0 Å². The number of nitrogens with one attached hydrogen (secondary N) is 3. The Labute approximate surface area is 309 Å². The molecule has 5 N–H and O–H groups in total. The highest BCUT2D eigenvalue weighted by Crippen LogP contribution is 2.28. The quantitative estimate of drug-likeness (QED) is 0.162. The summed E-state index contributed by atoms with van der Waals surface area (Å²) in [5.41, 5.74) is 12.1. The lowest BCUT2D eigenvalue weighted by Crippen LogP contribution is -2.49. The molecule has 3 aromatic heterocycles. The molecule has 1 saturated heterocycles. The topological polar surface area (TPSA) is 170 Å². The average molecular weight is 727 g/mol. The molecule has 6 aromatic rings. The number of pyridine rings is 2. The van der Waals surface area contributed by atoms with Gasteiger partial charge in [-0.2, -0.15) is 5.10 Å². The third-order valence-electron chi connectivity index (χ3n) is 9.99. The molecule has 12 nitrogen and oxygen atoms in total. The number of halogens is 1. The Morgan fingerprint density at radius 3 is 2.35 bits per heavy atom. The van der Waals surface area contributed by atoms with Crippen LogP contribution in [0.4, 0.5) is 15.9 Å². The van der Waals surface area contributed by atoms with Gasteiger partial charge in [-0.1, -0.05) is 24.3 Å². The number of carbonyl (C=O) groups is 2. The van der Waals surface area contributed by atoms with E-state index in [0.717, 1.165) is 28.2 Å². The lowest BCUT2D eigenvalue weighted by Gasteiger charge is -2.35. The molecule has 0 saturated carbocycles. The molecule has 0 bridgehead atoms.